The van der Waals surface area contributed by atoms with Gasteiger partial charge in [0.2, 0.25) is 0 Å². The van der Waals surface area contributed by atoms with Gasteiger partial charge in [0, 0.05) is 9.86 Å². The summed E-state index contributed by atoms with van der Waals surface area (Å²) < 4.78 is 6.47. The van der Waals surface area contributed by atoms with Crippen molar-refractivity contribution in [3.8, 4) is 0 Å². The number of aliphatic hydroxyl groups excluding tert-OH is 1. The van der Waals surface area contributed by atoms with Crippen molar-refractivity contribution in [1.29, 1.82) is 0 Å². The Bertz CT molecular complexity index is 452. The maximum Gasteiger partial charge on any atom is 0.134 e. The van der Waals surface area contributed by atoms with Crippen LogP contribution in [0.3, 0.4) is 0 Å². The smallest absolute Gasteiger partial charge is 0.134 e. The third kappa shape index (κ3) is 1.68. The molecule has 2 rings (SSSR count). The maximum atomic E-state index is 8.87. The molecule has 3 nitrogen and oxygen atoms in total. The standard InChI is InChI=1S/C10H10BrNO2/c11-7-1-2-9-6(3-7)4-10(14-9)8(12)5-13/h1-4,8,13H,5,12H2. The fourth-order valence-corrected chi connectivity index (χ4v) is 1.69. The van der Waals surface area contributed by atoms with Crippen LogP contribution in [0.4, 0.5) is 0 Å². The van der Waals surface area contributed by atoms with Crippen molar-refractivity contribution in [1.82, 2.24) is 0 Å². The van der Waals surface area contributed by atoms with Gasteiger partial charge in [-0.1, -0.05) is 15.9 Å². The molecule has 0 saturated heterocycles. The first-order valence-corrected chi connectivity index (χ1v) is 5.05. The van der Waals surface area contributed by atoms with Crippen LogP contribution in [0.5, 0.6) is 0 Å². The molecule has 74 valence electrons. The van der Waals surface area contributed by atoms with Crippen LogP contribution in [-0.4, -0.2) is 11.7 Å². The SMILES string of the molecule is NC(CO)c1cc2cc(Br)ccc2o1. The van der Waals surface area contributed by atoms with Crippen molar-refractivity contribution in [2.24, 2.45) is 5.73 Å². The second-order valence-corrected chi connectivity index (χ2v) is 4.04. The molecule has 0 aliphatic rings. The zero-order chi connectivity index (χ0) is 10.1. The fraction of sp³-hybridized carbons (Fsp3) is 0.200. The minimum Gasteiger partial charge on any atom is -0.459 e. The highest BCUT2D eigenvalue weighted by atomic mass is 79.9. The van der Waals surface area contributed by atoms with E-state index in [1.54, 1.807) is 0 Å². The van der Waals surface area contributed by atoms with Gasteiger partial charge in [-0.25, -0.2) is 0 Å². The minimum absolute atomic E-state index is 0.110. The molecule has 0 radical (unpaired) electrons. The maximum absolute atomic E-state index is 8.87. The molecule has 0 fully saturated rings. The average molecular weight is 256 g/mol. The van der Waals surface area contributed by atoms with Crippen LogP contribution in [-0.2, 0) is 0 Å². The summed E-state index contributed by atoms with van der Waals surface area (Å²) in [5.74, 6) is 0.612. The monoisotopic (exact) mass is 255 g/mol. The minimum atomic E-state index is -0.443. The quantitative estimate of drug-likeness (QED) is 0.865. The molecular weight excluding hydrogens is 246 g/mol. The Morgan fingerprint density at radius 2 is 2.21 bits per heavy atom. The highest BCUT2D eigenvalue weighted by Gasteiger charge is 2.10. The lowest BCUT2D eigenvalue weighted by molar-refractivity contribution is 0.254. The van der Waals surface area contributed by atoms with E-state index < -0.39 is 6.04 Å². The highest BCUT2D eigenvalue weighted by Crippen LogP contribution is 2.25. The van der Waals surface area contributed by atoms with E-state index >= 15 is 0 Å². The summed E-state index contributed by atoms with van der Waals surface area (Å²) in [5.41, 5.74) is 6.43. The van der Waals surface area contributed by atoms with Crippen molar-refractivity contribution in [2.75, 3.05) is 6.61 Å². The number of fused-ring (bicyclic) bond motifs is 1. The molecule has 1 heterocycles. The molecule has 1 atom stereocenters. The number of hydrogen-bond acceptors (Lipinski definition) is 3. The summed E-state index contributed by atoms with van der Waals surface area (Å²) in [5, 5.41) is 9.86. The molecule has 0 saturated carbocycles. The lowest BCUT2D eigenvalue weighted by Crippen LogP contribution is -2.13. The van der Waals surface area contributed by atoms with Gasteiger partial charge in [-0.3, -0.25) is 0 Å². The van der Waals surface area contributed by atoms with Crippen LogP contribution in [0.15, 0.2) is 33.2 Å². The molecule has 4 heteroatoms. The van der Waals surface area contributed by atoms with Crippen LogP contribution in [0.2, 0.25) is 0 Å². The predicted octanol–water partition coefficient (Wildman–Crippen LogP) is 2.19. The van der Waals surface area contributed by atoms with Crippen molar-refractivity contribution in [3.05, 3.63) is 34.5 Å². The summed E-state index contributed by atoms with van der Waals surface area (Å²) in [6, 6.07) is 7.13. The Morgan fingerprint density at radius 3 is 2.93 bits per heavy atom. The van der Waals surface area contributed by atoms with E-state index in [-0.39, 0.29) is 6.61 Å². The Balaban J connectivity index is 2.51. The molecule has 1 unspecified atom stereocenters. The van der Waals surface area contributed by atoms with Gasteiger partial charge in [-0.15, -0.1) is 0 Å². The highest BCUT2D eigenvalue weighted by molar-refractivity contribution is 9.10. The Labute approximate surface area is 89.6 Å². The van der Waals surface area contributed by atoms with Crippen LogP contribution < -0.4 is 5.73 Å². The van der Waals surface area contributed by atoms with Gasteiger partial charge in [-0.2, -0.15) is 0 Å². The lowest BCUT2D eigenvalue weighted by Gasteiger charge is -2.01. The molecule has 1 aromatic carbocycles. The molecule has 14 heavy (non-hydrogen) atoms. The summed E-state index contributed by atoms with van der Waals surface area (Å²) >= 11 is 3.37. The van der Waals surface area contributed by atoms with Crippen molar-refractivity contribution in [2.45, 2.75) is 6.04 Å². The number of hydrogen-bond donors (Lipinski definition) is 2. The fourth-order valence-electron chi connectivity index (χ4n) is 1.31. The molecule has 0 aliphatic heterocycles. The molecule has 1 aromatic heterocycles. The third-order valence-electron chi connectivity index (χ3n) is 2.06. The normalized spacial score (nSPS) is 13.4. The van der Waals surface area contributed by atoms with E-state index in [0.717, 1.165) is 15.4 Å². The molecule has 3 N–H and O–H groups in total. The van der Waals surface area contributed by atoms with E-state index in [9.17, 15) is 0 Å². The lowest BCUT2D eigenvalue weighted by atomic mass is 10.2. The van der Waals surface area contributed by atoms with Crippen LogP contribution in [0.25, 0.3) is 11.0 Å². The topological polar surface area (TPSA) is 59.4 Å². The number of rotatable bonds is 2. The average Bonchev–Trinajstić information content (AvgIpc) is 2.59. The number of halogens is 1. The van der Waals surface area contributed by atoms with E-state index in [1.807, 2.05) is 24.3 Å². The van der Waals surface area contributed by atoms with E-state index in [0.29, 0.717) is 5.76 Å². The van der Waals surface area contributed by atoms with Gasteiger partial charge in [0.05, 0.1) is 12.6 Å². The van der Waals surface area contributed by atoms with Gasteiger partial charge in [0.25, 0.3) is 0 Å². The van der Waals surface area contributed by atoms with Crippen molar-refractivity contribution < 1.29 is 9.52 Å². The first kappa shape index (κ1) is 9.71. The molecule has 0 bridgehead atoms. The van der Waals surface area contributed by atoms with Gasteiger partial charge >= 0.3 is 0 Å². The molecule has 0 aliphatic carbocycles. The van der Waals surface area contributed by atoms with Crippen LogP contribution in [0, 0.1) is 0 Å². The van der Waals surface area contributed by atoms with Crippen molar-refractivity contribution in [3.63, 3.8) is 0 Å². The Kier molecular flexibility index (Phi) is 2.58. The predicted molar refractivity (Wildman–Crippen MR) is 57.9 cm³/mol. The number of benzene rings is 1. The number of nitrogens with two attached hydrogens (primary N) is 1. The summed E-state index contributed by atoms with van der Waals surface area (Å²) in [6.45, 7) is -0.110. The van der Waals surface area contributed by atoms with Gasteiger partial charge in [0.15, 0.2) is 0 Å². The summed E-state index contributed by atoms with van der Waals surface area (Å²) in [7, 11) is 0. The molecule has 2 aromatic rings. The summed E-state index contributed by atoms with van der Waals surface area (Å²) in [6.07, 6.45) is 0. The summed E-state index contributed by atoms with van der Waals surface area (Å²) in [4.78, 5) is 0. The van der Waals surface area contributed by atoms with E-state index in [1.165, 1.54) is 0 Å². The van der Waals surface area contributed by atoms with Crippen LogP contribution in [0.1, 0.15) is 11.8 Å². The zero-order valence-electron chi connectivity index (χ0n) is 7.40. The molecule has 0 spiro atoms. The van der Waals surface area contributed by atoms with E-state index in [4.69, 9.17) is 15.3 Å². The van der Waals surface area contributed by atoms with Crippen molar-refractivity contribution >= 4 is 26.9 Å². The zero-order valence-corrected chi connectivity index (χ0v) is 8.99. The Morgan fingerprint density at radius 1 is 1.43 bits per heavy atom. The Hall–Kier alpha value is -0.840. The van der Waals surface area contributed by atoms with Gasteiger partial charge < -0.3 is 15.3 Å². The molecular formula is C10H10BrNO2. The van der Waals surface area contributed by atoms with Gasteiger partial charge in [-0.05, 0) is 24.3 Å². The van der Waals surface area contributed by atoms with E-state index in [2.05, 4.69) is 15.9 Å². The second-order valence-electron chi connectivity index (χ2n) is 3.12. The number of furan rings is 1. The third-order valence-corrected chi connectivity index (χ3v) is 2.55. The van der Waals surface area contributed by atoms with Gasteiger partial charge in [0.1, 0.15) is 11.3 Å². The van der Waals surface area contributed by atoms with Crippen LogP contribution >= 0.6 is 15.9 Å². The second kappa shape index (κ2) is 3.73. The molecule has 0 amide bonds. The number of aliphatic hydroxyl groups is 1. The first-order chi connectivity index (χ1) is 6.70. The first-order valence-electron chi connectivity index (χ1n) is 4.26. The largest absolute Gasteiger partial charge is 0.459 e.